The van der Waals surface area contributed by atoms with Crippen LogP contribution < -0.4 is 4.74 Å². The van der Waals surface area contributed by atoms with Crippen LogP contribution in [0.25, 0.3) is 0 Å². The van der Waals surface area contributed by atoms with Crippen LogP contribution in [0, 0.1) is 23.2 Å². The van der Waals surface area contributed by atoms with E-state index in [0.717, 1.165) is 16.4 Å². The molecule has 0 unspecified atom stereocenters. The van der Waals surface area contributed by atoms with E-state index in [-0.39, 0.29) is 53.7 Å². The highest BCUT2D eigenvalue weighted by atomic mass is 32.2. The first-order valence-corrected chi connectivity index (χ1v) is 21.9. The Balaban J connectivity index is 1.67. The molecule has 318 valence electrons. The van der Waals surface area contributed by atoms with Crippen LogP contribution >= 0.6 is 11.8 Å². The summed E-state index contributed by atoms with van der Waals surface area (Å²) in [5.74, 6) is -1.06. The molecule has 1 N–H and O–H groups in total. The summed E-state index contributed by atoms with van der Waals surface area (Å²) in [7, 11) is 4.76. The number of aliphatic hydroxyl groups excluding tert-OH is 1. The number of likely N-dealkylation sites (N-methyl/N-ethyl adjacent to an activating group) is 2. The van der Waals surface area contributed by atoms with Crippen molar-refractivity contribution in [2.45, 2.75) is 149 Å². The summed E-state index contributed by atoms with van der Waals surface area (Å²) in [6.07, 6.45) is 3.22. The van der Waals surface area contributed by atoms with E-state index in [0.29, 0.717) is 63.7 Å². The summed E-state index contributed by atoms with van der Waals surface area (Å²) >= 11 is 1.61. The molecule has 12 nitrogen and oxygen atoms in total. The van der Waals surface area contributed by atoms with E-state index < -0.39 is 48.1 Å². The number of hydrogen-bond donors (Lipinski definition) is 1. The quantitative estimate of drug-likeness (QED) is 0.356. The number of ketones is 1. The van der Waals surface area contributed by atoms with Gasteiger partial charge in [0.25, 0.3) is 0 Å². The van der Waals surface area contributed by atoms with Gasteiger partial charge in [-0.15, -0.1) is 11.8 Å². The molecule has 4 rings (SSSR count). The average Bonchev–Trinajstić information content (AvgIpc) is 3.85. The van der Waals surface area contributed by atoms with Crippen LogP contribution in [0.5, 0.6) is 5.75 Å². The Hall–Kier alpha value is -3.45. The number of benzene rings is 1. The summed E-state index contributed by atoms with van der Waals surface area (Å²) in [4.78, 5) is 80.0. The highest BCUT2D eigenvalue weighted by Gasteiger charge is 2.44. The SMILES string of the molecule is CC[C@H](C)[C@H]1C(=O)N2CCC[C@H]2C(=O)O[C@H](C(C)(C)C)C[C@@H](C)C[C@H](O)CC2=N[C@@H](CCC(=O)C[C@@H](Cc3ccc(OC)cc3)C(=O)N(C)[C@@H](C)C(=O)N1C)CS2. The number of thioether (sulfide) groups is 1. The molecule has 0 saturated carbocycles. The zero-order valence-corrected chi connectivity index (χ0v) is 36.8. The predicted molar refractivity (Wildman–Crippen MR) is 224 cm³/mol. The molecule has 0 spiro atoms. The van der Waals surface area contributed by atoms with Crippen LogP contribution in [-0.4, -0.2) is 124 Å². The fourth-order valence-corrected chi connectivity index (χ4v) is 9.43. The number of fused-ring (bicyclic) bond motifs is 2. The third-order valence-electron chi connectivity index (χ3n) is 12.2. The Labute approximate surface area is 344 Å². The number of ether oxygens (including phenoxy) is 2. The number of rotatable bonds is 5. The van der Waals surface area contributed by atoms with Gasteiger partial charge in [-0.3, -0.25) is 24.2 Å². The standard InChI is InChI=1S/C44H68N4O8S/c1-11-28(3)39-42(53)48-20-12-13-36(48)43(54)56-37(44(5,6)7)22-27(2)21-34(50)25-38-45-32(26-57-38)16-17-33(49)24-31(23-30-14-18-35(55-10)19-15-30)41(52)46(8)29(4)40(51)47(39)9/h14-15,18-19,27-29,31-32,34,36-37,39,50H,11-13,16-17,20-26H2,1-10H3/t27-,28-,29-,31+,32-,34-,36-,37-,39-/m0/s1. The van der Waals surface area contributed by atoms with Crippen molar-refractivity contribution in [1.82, 2.24) is 14.7 Å². The highest BCUT2D eigenvalue weighted by molar-refractivity contribution is 8.14. The Morgan fingerprint density at radius 1 is 0.965 bits per heavy atom. The molecular weight excluding hydrogens is 745 g/mol. The van der Waals surface area contributed by atoms with E-state index in [1.807, 2.05) is 58.9 Å². The normalized spacial score (nSPS) is 30.3. The molecule has 0 aliphatic carbocycles. The van der Waals surface area contributed by atoms with E-state index in [2.05, 4.69) is 6.92 Å². The Morgan fingerprint density at radius 2 is 1.65 bits per heavy atom. The van der Waals surface area contributed by atoms with E-state index in [4.69, 9.17) is 14.5 Å². The van der Waals surface area contributed by atoms with Crippen LogP contribution in [-0.2, 0) is 35.1 Å². The minimum atomic E-state index is -0.933. The minimum absolute atomic E-state index is 0.00891. The molecular formula is C44H68N4O8S. The van der Waals surface area contributed by atoms with E-state index >= 15 is 0 Å². The number of aliphatic imine (C=N–C) groups is 1. The first-order valence-electron chi connectivity index (χ1n) is 20.9. The lowest BCUT2D eigenvalue weighted by Gasteiger charge is -2.39. The number of amides is 3. The second kappa shape index (κ2) is 20.5. The lowest BCUT2D eigenvalue weighted by atomic mass is 9.82. The number of methoxy groups -OCH3 is 1. The third-order valence-corrected chi connectivity index (χ3v) is 13.4. The molecule has 1 saturated heterocycles. The Kier molecular flexibility index (Phi) is 16.6. The van der Waals surface area contributed by atoms with Gasteiger partial charge in [-0.05, 0) is 80.4 Å². The lowest BCUT2D eigenvalue weighted by molar-refractivity contribution is -0.166. The molecule has 3 heterocycles. The molecule has 3 aliphatic heterocycles. The van der Waals surface area contributed by atoms with Crippen molar-refractivity contribution in [2.75, 3.05) is 33.5 Å². The van der Waals surface area contributed by atoms with Crippen molar-refractivity contribution in [2.24, 2.45) is 28.2 Å². The van der Waals surface area contributed by atoms with E-state index in [1.165, 1.54) is 9.80 Å². The van der Waals surface area contributed by atoms with Crippen molar-refractivity contribution < 1.29 is 38.6 Å². The number of carbonyl (C=O) groups excluding carboxylic acids is 5. The molecule has 1 aromatic carbocycles. The molecule has 1 aromatic rings. The summed E-state index contributed by atoms with van der Waals surface area (Å²) in [6, 6.07) is 4.75. The van der Waals surface area contributed by atoms with Gasteiger partial charge in [-0.2, -0.15) is 0 Å². The van der Waals surface area contributed by atoms with Gasteiger partial charge >= 0.3 is 5.97 Å². The molecule has 3 amide bonds. The number of hydrogen-bond acceptors (Lipinski definition) is 10. The van der Waals surface area contributed by atoms with E-state index in [9.17, 15) is 29.1 Å². The van der Waals surface area contributed by atoms with Gasteiger partial charge in [0.15, 0.2) is 0 Å². The van der Waals surface area contributed by atoms with E-state index in [1.54, 1.807) is 44.8 Å². The molecule has 2 bridgehead atoms. The largest absolute Gasteiger partial charge is 0.497 e. The highest BCUT2D eigenvalue weighted by Crippen LogP contribution is 2.33. The predicted octanol–water partition coefficient (Wildman–Crippen LogP) is 5.96. The van der Waals surface area contributed by atoms with Crippen LogP contribution in [0.15, 0.2) is 29.3 Å². The van der Waals surface area contributed by atoms with Gasteiger partial charge in [-0.1, -0.05) is 60.1 Å². The lowest BCUT2D eigenvalue weighted by Crippen LogP contribution is -2.58. The number of aliphatic hydroxyl groups is 1. The molecule has 0 radical (unpaired) electrons. The van der Waals surface area contributed by atoms with Gasteiger partial charge < -0.3 is 29.3 Å². The maximum Gasteiger partial charge on any atom is 0.329 e. The average molecular weight is 813 g/mol. The van der Waals surface area contributed by atoms with Gasteiger partial charge in [0, 0.05) is 51.6 Å². The number of esters is 1. The maximum atomic E-state index is 14.5. The summed E-state index contributed by atoms with van der Waals surface area (Å²) in [6.45, 7) is 14.0. The monoisotopic (exact) mass is 812 g/mol. The smallest absolute Gasteiger partial charge is 0.329 e. The van der Waals surface area contributed by atoms with Gasteiger partial charge in [0.1, 0.15) is 35.8 Å². The second-order valence-electron chi connectivity index (χ2n) is 17.8. The number of nitrogens with zero attached hydrogens (tertiary/aromatic N) is 4. The van der Waals surface area contributed by atoms with Crippen molar-refractivity contribution in [3.63, 3.8) is 0 Å². The fourth-order valence-electron chi connectivity index (χ4n) is 8.27. The first kappa shape index (κ1) is 46.2. The number of Topliss-reactive ketones (excluding diaryl/α,β-unsaturated/α-hetero) is 1. The summed E-state index contributed by atoms with van der Waals surface area (Å²) in [5.41, 5.74) is 0.473. The van der Waals surface area contributed by atoms with Gasteiger partial charge in [0.05, 0.1) is 24.3 Å². The summed E-state index contributed by atoms with van der Waals surface area (Å²) < 4.78 is 11.6. The van der Waals surface area contributed by atoms with Crippen LogP contribution in [0.2, 0.25) is 0 Å². The zero-order valence-electron chi connectivity index (χ0n) is 36.0. The molecule has 13 heteroatoms. The minimum Gasteiger partial charge on any atom is -0.497 e. The Morgan fingerprint density at radius 3 is 2.28 bits per heavy atom. The van der Waals surface area contributed by atoms with Crippen molar-refractivity contribution in [3.05, 3.63) is 29.8 Å². The van der Waals surface area contributed by atoms with Crippen molar-refractivity contribution in [1.29, 1.82) is 0 Å². The third kappa shape index (κ3) is 12.3. The number of cyclic esters (lactones) is 1. The van der Waals surface area contributed by atoms with Crippen LogP contribution in [0.4, 0.5) is 0 Å². The number of carbonyl (C=O) groups is 5. The molecule has 3 aliphatic rings. The van der Waals surface area contributed by atoms with Crippen molar-refractivity contribution >= 4 is 46.3 Å². The van der Waals surface area contributed by atoms with Crippen LogP contribution in [0.3, 0.4) is 0 Å². The molecule has 57 heavy (non-hydrogen) atoms. The topological polar surface area (TPSA) is 146 Å². The zero-order chi connectivity index (χ0) is 42.2. The van der Waals surface area contributed by atoms with Crippen LogP contribution in [0.1, 0.15) is 112 Å². The Bertz CT molecular complexity index is 1590. The summed E-state index contributed by atoms with van der Waals surface area (Å²) in [5, 5.41) is 12.0. The molecule has 9 atom stereocenters. The second-order valence-corrected chi connectivity index (χ2v) is 18.9. The van der Waals surface area contributed by atoms with Gasteiger partial charge in [0.2, 0.25) is 17.7 Å². The van der Waals surface area contributed by atoms with Gasteiger partial charge in [-0.25, -0.2) is 4.79 Å². The molecule has 1 fully saturated rings. The fraction of sp³-hybridized carbons (Fsp3) is 0.727. The maximum absolute atomic E-state index is 14.5. The molecule has 0 aromatic heterocycles. The first-order chi connectivity index (χ1) is 26.8. The van der Waals surface area contributed by atoms with Crippen molar-refractivity contribution in [3.8, 4) is 5.75 Å².